The molecular weight excluding hydrogens is 236 g/mol. The number of aliphatic hydroxyl groups excluding tert-OH is 1. The van der Waals surface area contributed by atoms with E-state index in [1.165, 1.54) is 0 Å². The summed E-state index contributed by atoms with van der Waals surface area (Å²) in [7, 11) is -3.49. The SMILES string of the molecule is NC(=S)CS(=O)(=O)NC1CCCCC1O. The first-order valence-corrected chi connectivity index (χ1v) is 6.93. The van der Waals surface area contributed by atoms with E-state index in [2.05, 4.69) is 16.9 Å². The van der Waals surface area contributed by atoms with E-state index in [4.69, 9.17) is 5.73 Å². The summed E-state index contributed by atoms with van der Waals surface area (Å²) in [6.07, 6.45) is 2.57. The Bertz CT molecular complexity index is 329. The van der Waals surface area contributed by atoms with Crippen LogP contribution in [0, 0.1) is 0 Å². The third-order valence-electron chi connectivity index (χ3n) is 2.39. The molecule has 88 valence electrons. The van der Waals surface area contributed by atoms with Gasteiger partial charge in [0.1, 0.15) is 5.75 Å². The number of rotatable bonds is 4. The molecule has 0 heterocycles. The second kappa shape index (κ2) is 5.20. The quantitative estimate of drug-likeness (QED) is 0.586. The second-order valence-corrected chi connectivity index (χ2v) is 6.08. The van der Waals surface area contributed by atoms with Crippen LogP contribution in [0.5, 0.6) is 0 Å². The van der Waals surface area contributed by atoms with Crippen LogP contribution in [0.25, 0.3) is 0 Å². The smallest absolute Gasteiger partial charge is 0.218 e. The summed E-state index contributed by atoms with van der Waals surface area (Å²) in [5, 5.41) is 9.58. The van der Waals surface area contributed by atoms with Crippen molar-refractivity contribution in [2.75, 3.05) is 5.75 Å². The van der Waals surface area contributed by atoms with Crippen molar-refractivity contribution in [3.8, 4) is 0 Å². The van der Waals surface area contributed by atoms with Crippen LogP contribution in [0.3, 0.4) is 0 Å². The normalized spacial score (nSPS) is 27.5. The third-order valence-corrected chi connectivity index (χ3v) is 4.07. The van der Waals surface area contributed by atoms with Crippen LogP contribution in [0.15, 0.2) is 0 Å². The van der Waals surface area contributed by atoms with Gasteiger partial charge in [-0.25, -0.2) is 13.1 Å². The van der Waals surface area contributed by atoms with Gasteiger partial charge in [0.2, 0.25) is 10.0 Å². The Labute approximate surface area is 95.1 Å². The lowest BCUT2D eigenvalue weighted by Gasteiger charge is -2.27. The van der Waals surface area contributed by atoms with Gasteiger partial charge < -0.3 is 10.8 Å². The molecule has 0 aromatic heterocycles. The fourth-order valence-electron chi connectivity index (χ4n) is 1.71. The molecule has 5 nitrogen and oxygen atoms in total. The number of sulfonamides is 1. The van der Waals surface area contributed by atoms with E-state index >= 15 is 0 Å². The molecule has 0 spiro atoms. The Morgan fingerprint density at radius 3 is 2.60 bits per heavy atom. The molecule has 2 unspecified atom stereocenters. The minimum Gasteiger partial charge on any atom is -0.392 e. The van der Waals surface area contributed by atoms with Crippen molar-refractivity contribution in [3.05, 3.63) is 0 Å². The van der Waals surface area contributed by atoms with E-state index in [-0.39, 0.29) is 10.7 Å². The summed E-state index contributed by atoms with van der Waals surface area (Å²) < 4.78 is 25.4. The molecular formula is C8H16N2O3S2. The Hall–Kier alpha value is -0.240. The van der Waals surface area contributed by atoms with Gasteiger partial charge >= 0.3 is 0 Å². The van der Waals surface area contributed by atoms with Gasteiger partial charge in [-0.3, -0.25) is 0 Å². The molecule has 0 radical (unpaired) electrons. The highest BCUT2D eigenvalue weighted by molar-refractivity contribution is 7.92. The van der Waals surface area contributed by atoms with Crippen LogP contribution in [0.2, 0.25) is 0 Å². The molecule has 15 heavy (non-hydrogen) atoms. The van der Waals surface area contributed by atoms with Crippen molar-refractivity contribution in [1.29, 1.82) is 0 Å². The summed E-state index contributed by atoms with van der Waals surface area (Å²) in [6.45, 7) is 0. The molecule has 1 aliphatic rings. The largest absolute Gasteiger partial charge is 0.392 e. The lowest BCUT2D eigenvalue weighted by molar-refractivity contribution is 0.101. The van der Waals surface area contributed by atoms with E-state index in [0.717, 1.165) is 12.8 Å². The van der Waals surface area contributed by atoms with Gasteiger partial charge in [-0.2, -0.15) is 0 Å². The van der Waals surface area contributed by atoms with Crippen LogP contribution in [0.1, 0.15) is 25.7 Å². The van der Waals surface area contributed by atoms with Crippen molar-refractivity contribution in [3.63, 3.8) is 0 Å². The van der Waals surface area contributed by atoms with Crippen LogP contribution >= 0.6 is 12.2 Å². The molecule has 0 aliphatic heterocycles. The molecule has 1 saturated carbocycles. The van der Waals surface area contributed by atoms with Gasteiger partial charge in [0.05, 0.1) is 11.1 Å². The number of thiocarbonyl (C=S) groups is 1. The molecule has 1 rings (SSSR count). The summed E-state index contributed by atoms with van der Waals surface area (Å²) in [5.41, 5.74) is 5.17. The highest BCUT2D eigenvalue weighted by Crippen LogP contribution is 2.18. The molecule has 1 fully saturated rings. The lowest BCUT2D eigenvalue weighted by Crippen LogP contribution is -2.47. The fraction of sp³-hybridized carbons (Fsp3) is 0.875. The van der Waals surface area contributed by atoms with Crippen LogP contribution in [-0.4, -0.2) is 36.4 Å². The summed E-state index contributed by atoms with van der Waals surface area (Å²) in [6, 6.07) is -0.391. The van der Waals surface area contributed by atoms with Gasteiger partial charge in [0.25, 0.3) is 0 Å². The first-order chi connectivity index (χ1) is 6.91. The van der Waals surface area contributed by atoms with Crippen molar-refractivity contribution in [1.82, 2.24) is 4.72 Å². The van der Waals surface area contributed by atoms with E-state index < -0.39 is 22.2 Å². The minimum atomic E-state index is -3.49. The Morgan fingerprint density at radius 1 is 1.47 bits per heavy atom. The summed E-state index contributed by atoms with van der Waals surface area (Å²) in [4.78, 5) is -0.0622. The Balaban J connectivity index is 2.55. The number of nitrogens with one attached hydrogen (secondary N) is 1. The Morgan fingerprint density at radius 2 is 2.07 bits per heavy atom. The lowest BCUT2D eigenvalue weighted by atomic mass is 9.93. The van der Waals surface area contributed by atoms with Gasteiger partial charge in [0.15, 0.2) is 0 Å². The summed E-state index contributed by atoms with van der Waals surface area (Å²) in [5.74, 6) is -0.356. The standard InChI is InChI=1S/C8H16N2O3S2/c9-8(14)5-15(12,13)10-6-3-1-2-4-7(6)11/h6-7,10-11H,1-5H2,(H2,9,14). The molecule has 0 aromatic rings. The molecule has 0 bridgehead atoms. The van der Waals surface area contributed by atoms with Gasteiger partial charge in [0, 0.05) is 6.04 Å². The van der Waals surface area contributed by atoms with E-state index in [1.807, 2.05) is 0 Å². The maximum absolute atomic E-state index is 11.5. The van der Waals surface area contributed by atoms with Crippen LogP contribution in [-0.2, 0) is 10.0 Å². The average Bonchev–Trinajstić information content (AvgIpc) is 2.06. The maximum atomic E-state index is 11.5. The number of hydrogen-bond acceptors (Lipinski definition) is 4. The topological polar surface area (TPSA) is 92.4 Å². The summed E-state index contributed by atoms with van der Waals surface area (Å²) >= 11 is 4.54. The molecule has 4 N–H and O–H groups in total. The zero-order valence-electron chi connectivity index (χ0n) is 8.35. The van der Waals surface area contributed by atoms with Crippen molar-refractivity contribution >= 4 is 27.2 Å². The van der Waals surface area contributed by atoms with Crippen molar-refractivity contribution < 1.29 is 13.5 Å². The molecule has 0 aromatic carbocycles. The molecule has 2 atom stereocenters. The van der Waals surface area contributed by atoms with E-state index in [9.17, 15) is 13.5 Å². The average molecular weight is 252 g/mol. The number of nitrogens with two attached hydrogens (primary N) is 1. The highest BCUT2D eigenvalue weighted by atomic mass is 32.2. The molecule has 1 aliphatic carbocycles. The first kappa shape index (κ1) is 12.8. The number of hydrogen-bond donors (Lipinski definition) is 3. The highest BCUT2D eigenvalue weighted by Gasteiger charge is 2.27. The zero-order valence-corrected chi connectivity index (χ0v) is 9.98. The first-order valence-electron chi connectivity index (χ1n) is 4.87. The van der Waals surface area contributed by atoms with Crippen molar-refractivity contribution in [2.24, 2.45) is 5.73 Å². The monoisotopic (exact) mass is 252 g/mol. The third kappa shape index (κ3) is 4.42. The van der Waals surface area contributed by atoms with Crippen LogP contribution in [0.4, 0.5) is 0 Å². The molecule has 0 amide bonds. The predicted octanol–water partition coefficient (Wildman–Crippen LogP) is -0.505. The molecule has 7 heteroatoms. The number of aliphatic hydroxyl groups is 1. The minimum absolute atomic E-state index is 0.0622. The molecule has 0 saturated heterocycles. The van der Waals surface area contributed by atoms with Gasteiger partial charge in [-0.05, 0) is 12.8 Å². The van der Waals surface area contributed by atoms with E-state index in [1.54, 1.807) is 0 Å². The zero-order chi connectivity index (χ0) is 11.5. The predicted molar refractivity (Wildman–Crippen MR) is 62.0 cm³/mol. The maximum Gasteiger partial charge on any atom is 0.218 e. The van der Waals surface area contributed by atoms with Gasteiger partial charge in [-0.15, -0.1) is 0 Å². The van der Waals surface area contributed by atoms with Crippen LogP contribution < -0.4 is 10.5 Å². The van der Waals surface area contributed by atoms with Gasteiger partial charge in [-0.1, -0.05) is 25.1 Å². The second-order valence-electron chi connectivity index (χ2n) is 3.80. The Kier molecular flexibility index (Phi) is 4.45. The van der Waals surface area contributed by atoms with Crippen molar-refractivity contribution in [2.45, 2.75) is 37.8 Å². The van der Waals surface area contributed by atoms with E-state index in [0.29, 0.717) is 12.8 Å². The fourth-order valence-corrected chi connectivity index (χ4v) is 3.37.